The van der Waals surface area contributed by atoms with E-state index >= 15 is 0 Å². The van der Waals surface area contributed by atoms with Crippen molar-refractivity contribution in [2.45, 2.75) is 38.0 Å². The normalized spacial score (nSPS) is 12.0. The Hall–Kier alpha value is -2.71. The lowest BCUT2D eigenvalue weighted by Crippen LogP contribution is -2.26. The van der Waals surface area contributed by atoms with Crippen LogP contribution in [-0.4, -0.2) is 31.0 Å². The van der Waals surface area contributed by atoms with Crippen molar-refractivity contribution in [3.63, 3.8) is 0 Å². The molecule has 0 aliphatic carbocycles. The van der Waals surface area contributed by atoms with E-state index in [1.807, 2.05) is 39.0 Å². The summed E-state index contributed by atoms with van der Waals surface area (Å²) in [5.41, 5.74) is 3.03. The molecule has 1 aromatic heterocycles. The van der Waals surface area contributed by atoms with Gasteiger partial charge in [0.15, 0.2) is 11.5 Å². The third-order valence-electron chi connectivity index (χ3n) is 4.41. The molecule has 3 rings (SSSR count). The predicted octanol–water partition coefficient (Wildman–Crippen LogP) is 3.48. The maximum atomic E-state index is 12.5. The molecule has 0 saturated carbocycles. The van der Waals surface area contributed by atoms with E-state index in [0.29, 0.717) is 17.0 Å². The summed E-state index contributed by atoms with van der Waals surface area (Å²) in [6.45, 7) is 5.76. The first-order valence-electron chi connectivity index (χ1n) is 8.90. The van der Waals surface area contributed by atoms with Gasteiger partial charge in [-0.2, -0.15) is 0 Å². The second-order valence-electron chi connectivity index (χ2n) is 6.94. The molecule has 8 heteroatoms. The minimum Gasteiger partial charge on any atom is -0.478 e. The molecular weight excluding hydrogens is 380 g/mol. The third kappa shape index (κ3) is 4.23. The Morgan fingerprint density at radius 3 is 2.64 bits per heavy atom. The smallest absolute Gasteiger partial charge is 0.336 e. The van der Waals surface area contributed by atoms with E-state index in [2.05, 4.69) is 9.71 Å². The molecule has 148 valence electrons. The number of hydrogen-bond acceptors (Lipinski definition) is 5. The molecule has 1 heterocycles. The number of carboxylic acids is 1. The number of rotatable bonds is 7. The summed E-state index contributed by atoms with van der Waals surface area (Å²) in [6, 6.07) is 9.81. The van der Waals surface area contributed by atoms with E-state index in [0.717, 1.165) is 11.1 Å². The highest BCUT2D eigenvalue weighted by Gasteiger charge is 2.20. The largest absolute Gasteiger partial charge is 0.478 e. The molecule has 2 aromatic carbocycles. The van der Waals surface area contributed by atoms with Gasteiger partial charge < -0.3 is 9.52 Å². The number of sulfonamides is 1. The van der Waals surface area contributed by atoms with Crippen LogP contribution in [0.15, 0.2) is 45.7 Å². The standard InChI is InChI=1S/C20H22N2O5S/c1-12(2)15-6-5-14(11-16(15)20(23)24)28(25,26)21-9-8-19-22-17-10-13(3)4-7-18(17)27-19/h4-7,10-12,21H,8-9H2,1-3H3,(H,23,24). The quantitative estimate of drug-likeness (QED) is 0.626. The number of aromatic nitrogens is 1. The molecule has 0 aliphatic heterocycles. The van der Waals surface area contributed by atoms with E-state index in [4.69, 9.17) is 4.42 Å². The average Bonchev–Trinajstić information content (AvgIpc) is 3.02. The number of benzene rings is 2. The van der Waals surface area contributed by atoms with Gasteiger partial charge in [-0.3, -0.25) is 0 Å². The van der Waals surface area contributed by atoms with Crippen molar-refractivity contribution < 1.29 is 22.7 Å². The number of nitrogens with one attached hydrogen (secondary N) is 1. The van der Waals surface area contributed by atoms with Crippen LogP contribution in [0.25, 0.3) is 11.1 Å². The molecule has 3 aromatic rings. The number of oxazole rings is 1. The Kier molecular flexibility index (Phi) is 5.53. The lowest BCUT2D eigenvalue weighted by Gasteiger charge is -2.12. The summed E-state index contributed by atoms with van der Waals surface area (Å²) in [7, 11) is -3.85. The highest BCUT2D eigenvalue weighted by molar-refractivity contribution is 7.89. The van der Waals surface area contributed by atoms with Gasteiger partial charge in [-0.25, -0.2) is 22.9 Å². The fourth-order valence-electron chi connectivity index (χ4n) is 2.96. The van der Waals surface area contributed by atoms with Crippen LogP contribution in [0.4, 0.5) is 0 Å². The average molecular weight is 402 g/mol. The van der Waals surface area contributed by atoms with E-state index < -0.39 is 16.0 Å². The summed E-state index contributed by atoms with van der Waals surface area (Å²) in [6.07, 6.45) is 0.281. The summed E-state index contributed by atoms with van der Waals surface area (Å²) < 4.78 is 33.2. The number of carboxylic acid groups (broad SMARTS) is 1. The molecule has 0 spiro atoms. The van der Waals surface area contributed by atoms with Crippen molar-refractivity contribution in [2.75, 3.05) is 6.54 Å². The van der Waals surface area contributed by atoms with Crippen molar-refractivity contribution in [2.24, 2.45) is 0 Å². The van der Waals surface area contributed by atoms with E-state index in [-0.39, 0.29) is 29.3 Å². The second kappa shape index (κ2) is 7.73. The molecule has 28 heavy (non-hydrogen) atoms. The zero-order valence-electron chi connectivity index (χ0n) is 15.9. The number of hydrogen-bond donors (Lipinski definition) is 2. The molecule has 0 fully saturated rings. The van der Waals surface area contributed by atoms with Gasteiger partial charge in [-0.05, 0) is 48.2 Å². The van der Waals surface area contributed by atoms with Crippen molar-refractivity contribution >= 4 is 27.1 Å². The highest BCUT2D eigenvalue weighted by Crippen LogP contribution is 2.23. The maximum absolute atomic E-state index is 12.5. The van der Waals surface area contributed by atoms with Crippen LogP contribution in [0.1, 0.15) is 47.1 Å². The highest BCUT2D eigenvalue weighted by atomic mass is 32.2. The van der Waals surface area contributed by atoms with Crippen LogP contribution in [0.2, 0.25) is 0 Å². The molecule has 0 aliphatic rings. The first kappa shape index (κ1) is 20.0. The predicted molar refractivity (Wildman–Crippen MR) is 105 cm³/mol. The van der Waals surface area contributed by atoms with Crippen molar-refractivity contribution in [1.82, 2.24) is 9.71 Å². The Morgan fingerprint density at radius 2 is 1.96 bits per heavy atom. The molecular formula is C20H22N2O5S. The molecule has 2 N–H and O–H groups in total. The molecule has 0 unspecified atom stereocenters. The number of aromatic carboxylic acids is 1. The van der Waals surface area contributed by atoms with Gasteiger partial charge >= 0.3 is 5.97 Å². The first-order valence-corrected chi connectivity index (χ1v) is 10.4. The zero-order valence-corrected chi connectivity index (χ0v) is 16.7. The van der Waals surface area contributed by atoms with Crippen LogP contribution < -0.4 is 4.72 Å². The van der Waals surface area contributed by atoms with Gasteiger partial charge in [0.25, 0.3) is 0 Å². The van der Waals surface area contributed by atoms with Crippen molar-refractivity contribution in [3.05, 3.63) is 59.0 Å². The minimum atomic E-state index is -3.85. The topological polar surface area (TPSA) is 110 Å². The monoisotopic (exact) mass is 402 g/mol. The Labute approximate surface area is 163 Å². The van der Waals surface area contributed by atoms with Gasteiger partial charge in [0, 0.05) is 13.0 Å². The first-order chi connectivity index (χ1) is 13.2. The van der Waals surface area contributed by atoms with E-state index in [1.54, 1.807) is 6.07 Å². The van der Waals surface area contributed by atoms with Crippen LogP contribution in [0.3, 0.4) is 0 Å². The Balaban J connectivity index is 1.74. The van der Waals surface area contributed by atoms with Gasteiger partial charge in [-0.15, -0.1) is 0 Å². The number of fused-ring (bicyclic) bond motifs is 1. The van der Waals surface area contributed by atoms with Gasteiger partial charge in [-0.1, -0.05) is 26.0 Å². The molecule has 0 atom stereocenters. The van der Waals surface area contributed by atoms with Gasteiger partial charge in [0.1, 0.15) is 5.52 Å². The summed E-state index contributed by atoms with van der Waals surface area (Å²) in [4.78, 5) is 15.8. The molecule has 7 nitrogen and oxygen atoms in total. The molecule has 0 saturated heterocycles. The third-order valence-corrected chi connectivity index (χ3v) is 5.86. The molecule has 0 bridgehead atoms. The SMILES string of the molecule is Cc1ccc2oc(CCNS(=O)(=O)c3ccc(C(C)C)c(C(=O)O)c3)nc2c1. The van der Waals surface area contributed by atoms with Crippen LogP contribution >= 0.6 is 0 Å². The van der Waals surface area contributed by atoms with Gasteiger partial charge in [0.05, 0.1) is 10.5 Å². The van der Waals surface area contributed by atoms with Crippen LogP contribution in [0.5, 0.6) is 0 Å². The Bertz CT molecular complexity index is 1130. The van der Waals surface area contributed by atoms with E-state index in [9.17, 15) is 18.3 Å². The lowest BCUT2D eigenvalue weighted by molar-refractivity contribution is 0.0695. The fourth-order valence-corrected chi connectivity index (χ4v) is 4.02. The fraction of sp³-hybridized carbons (Fsp3) is 0.300. The summed E-state index contributed by atoms with van der Waals surface area (Å²) >= 11 is 0. The number of nitrogens with zero attached hydrogens (tertiary/aromatic N) is 1. The van der Waals surface area contributed by atoms with Crippen molar-refractivity contribution in [1.29, 1.82) is 0 Å². The van der Waals surface area contributed by atoms with E-state index in [1.165, 1.54) is 12.1 Å². The van der Waals surface area contributed by atoms with Crippen LogP contribution in [0, 0.1) is 6.92 Å². The maximum Gasteiger partial charge on any atom is 0.336 e. The lowest BCUT2D eigenvalue weighted by atomic mass is 9.97. The summed E-state index contributed by atoms with van der Waals surface area (Å²) in [5, 5.41) is 9.38. The van der Waals surface area contributed by atoms with Gasteiger partial charge in [0.2, 0.25) is 10.0 Å². The number of aryl methyl sites for hydroxylation is 1. The molecule has 0 radical (unpaired) electrons. The van der Waals surface area contributed by atoms with Crippen LogP contribution in [-0.2, 0) is 16.4 Å². The Morgan fingerprint density at radius 1 is 1.21 bits per heavy atom. The molecule has 0 amide bonds. The number of carbonyl (C=O) groups is 1. The van der Waals surface area contributed by atoms with Crippen molar-refractivity contribution in [3.8, 4) is 0 Å². The zero-order chi connectivity index (χ0) is 20.5. The minimum absolute atomic E-state index is 0.00723. The summed E-state index contributed by atoms with van der Waals surface area (Å²) in [5.74, 6) is -0.745. The second-order valence-corrected chi connectivity index (χ2v) is 8.70.